The molecule has 7 atom stereocenters. The van der Waals surface area contributed by atoms with Crippen LogP contribution in [0.5, 0.6) is 0 Å². The molecule has 1 aliphatic carbocycles. The monoisotopic (exact) mass is 953 g/mol. The molecule has 2 aliphatic rings. The van der Waals surface area contributed by atoms with Crippen LogP contribution in [0.15, 0.2) is 43.0 Å². The highest BCUT2D eigenvalue weighted by atomic mass is 16.5. The first-order chi connectivity index (χ1) is 32.3. The fourth-order valence-corrected chi connectivity index (χ4v) is 8.44. The summed E-state index contributed by atoms with van der Waals surface area (Å²) in [5.74, 6) is -11.1. The van der Waals surface area contributed by atoms with Crippen LogP contribution in [-0.4, -0.2) is 130 Å². The Morgan fingerprint density at radius 2 is 1.35 bits per heavy atom. The number of hydrogen-bond donors (Lipinski definition) is 8. The summed E-state index contributed by atoms with van der Waals surface area (Å²) in [6, 6.07) is 0.378. The quantitative estimate of drug-likeness (QED) is 0.0351. The second-order valence-electron chi connectivity index (χ2n) is 17.4. The lowest BCUT2D eigenvalue weighted by Gasteiger charge is -2.38. The highest BCUT2D eigenvalue weighted by Gasteiger charge is 2.47. The van der Waals surface area contributed by atoms with Gasteiger partial charge in [0, 0.05) is 19.8 Å². The average Bonchev–Trinajstić information content (AvgIpc) is 3.76. The SMILES string of the molecule is C=CCOC(=O)CNC(=O)C(=O)C(CCC)NC(=O)C1CCC(c2ccccc2)N1C(=O)C(NC(=O)C(NC(=O)C(CCC(=O)O)NC(=O)C(CCC(=O)O)NC(C)=O)C(C)C)C1CCCCC1. The number of likely N-dealkylation sites (tertiary alicyclic amines) is 1. The molecule has 0 radical (unpaired) electrons. The van der Waals surface area contributed by atoms with E-state index in [1.807, 2.05) is 12.1 Å². The molecule has 0 aromatic heterocycles. The molecule has 0 spiro atoms. The number of carboxylic acid groups (broad SMARTS) is 2. The van der Waals surface area contributed by atoms with E-state index in [1.54, 1.807) is 39.0 Å². The number of nitrogens with one attached hydrogen (secondary N) is 6. The van der Waals surface area contributed by atoms with Crippen molar-refractivity contribution in [3.8, 4) is 0 Å². The number of ketones is 1. The Hall–Kier alpha value is -6.67. The molecule has 1 aromatic rings. The molecule has 374 valence electrons. The van der Waals surface area contributed by atoms with Gasteiger partial charge in [-0.25, -0.2) is 0 Å². The third-order valence-electron chi connectivity index (χ3n) is 11.9. The molecular weight excluding hydrogens is 887 g/mol. The van der Waals surface area contributed by atoms with E-state index in [9.17, 15) is 58.2 Å². The van der Waals surface area contributed by atoms with Crippen LogP contribution in [0.25, 0.3) is 0 Å². The first-order valence-corrected chi connectivity index (χ1v) is 23.2. The number of carbonyl (C=O) groups excluding carboxylic acids is 9. The fraction of sp³-hybridized carbons (Fsp3) is 0.596. The molecule has 7 amide bonds. The zero-order chi connectivity index (χ0) is 50.5. The van der Waals surface area contributed by atoms with Crippen molar-refractivity contribution in [3.05, 3.63) is 48.6 Å². The van der Waals surface area contributed by atoms with Crippen LogP contribution in [0.3, 0.4) is 0 Å². The lowest BCUT2D eigenvalue weighted by atomic mass is 9.82. The van der Waals surface area contributed by atoms with Gasteiger partial charge in [0.25, 0.3) is 5.91 Å². The first-order valence-electron chi connectivity index (χ1n) is 23.2. The van der Waals surface area contributed by atoms with Crippen molar-refractivity contribution >= 4 is 65.0 Å². The molecule has 68 heavy (non-hydrogen) atoms. The number of carboxylic acids is 2. The van der Waals surface area contributed by atoms with Gasteiger partial charge in [-0.2, -0.15) is 0 Å². The summed E-state index contributed by atoms with van der Waals surface area (Å²) in [7, 11) is 0. The van der Waals surface area contributed by atoms with Crippen molar-refractivity contribution in [2.24, 2.45) is 11.8 Å². The van der Waals surface area contributed by atoms with Crippen LogP contribution >= 0.6 is 0 Å². The van der Waals surface area contributed by atoms with Crippen molar-refractivity contribution in [2.45, 2.75) is 153 Å². The second-order valence-corrected chi connectivity index (χ2v) is 17.4. The van der Waals surface area contributed by atoms with Gasteiger partial charge in [-0.15, -0.1) is 0 Å². The molecule has 1 saturated carbocycles. The summed E-state index contributed by atoms with van der Waals surface area (Å²) in [6.45, 7) is 8.86. The molecule has 7 unspecified atom stereocenters. The normalized spacial score (nSPS) is 18.0. The molecule has 21 heteroatoms. The summed E-state index contributed by atoms with van der Waals surface area (Å²) in [5, 5.41) is 33.8. The molecule has 1 aromatic carbocycles. The minimum absolute atomic E-state index is 0.0617. The summed E-state index contributed by atoms with van der Waals surface area (Å²) >= 11 is 0. The van der Waals surface area contributed by atoms with E-state index in [1.165, 1.54) is 11.0 Å². The minimum Gasteiger partial charge on any atom is -0.481 e. The Kier molecular flexibility index (Phi) is 22.8. The molecule has 1 heterocycles. The van der Waals surface area contributed by atoms with E-state index in [4.69, 9.17) is 4.74 Å². The van der Waals surface area contributed by atoms with E-state index in [2.05, 4.69) is 38.5 Å². The first kappa shape index (κ1) is 55.7. The number of nitrogens with zero attached hydrogens (tertiary/aromatic N) is 1. The average molecular weight is 954 g/mol. The number of benzene rings is 1. The molecule has 2 fully saturated rings. The van der Waals surface area contributed by atoms with E-state index < -0.39 is 145 Å². The Labute approximate surface area is 395 Å². The highest BCUT2D eigenvalue weighted by molar-refractivity contribution is 6.38. The van der Waals surface area contributed by atoms with E-state index in [0.29, 0.717) is 31.2 Å². The van der Waals surface area contributed by atoms with Gasteiger partial charge in [0.2, 0.25) is 41.2 Å². The molecule has 0 bridgehead atoms. The summed E-state index contributed by atoms with van der Waals surface area (Å²) in [6.07, 6.45) is 3.85. The van der Waals surface area contributed by atoms with Gasteiger partial charge in [-0.3, -0.25) is 52.7 Å². The van der Waals surface area contributed by atoms with Crippen LogP contribution < -0.4 is 31.9 Å². The van der Waals surface area contributed by atoms with Gasteiger partial charge >= 0.3 is 17.9 Å². The summed E-state index contributed by atoms with van der Waals surface area (Å²) < 4.78 is 4.85. The van der Waals surface area contributed by atoms with Gasteiger partial charge in [0.05, 0.1) is 12.1 Å². The van der Waals surface area contributed by atoms with E-state index >= 15 is 4.79 Å². The number of carbonyl (C=O) groups is 11. The fourth-order valence-electron chi connectivity index (χ4n) is 8.44. The molecule has 8 N–H and O–H groups in total. The number of amides is 7. The zero-order valence-corrected chi connectivity index (χ0v) is 39.2. The molecule has 1 saturated heterocycles. The van der Waals surface area contributed by atoms with Gasteiger partial charge in [-0.1, -0.05) is 89.4 Å². The van der Waals surface area contributed by atoms with Crippen molar-refractivity contribution in [2.75, 3.05) is 13.2 Å². The van der Waals surface area contributed by atoms with Gasteiger partial charge < -0.3 is 51.8 Å². The Morgan fingerprint density at radius 1 is 0.750 bits per heavy atom. The maximum Gasteiger partial charge on any atom is 0.325 e. The van der Waals surface area contributed by atoms with Crippen LogP contribution in [-0.2, 0) is 57.5 Å². The molecular formula is C47H67N7O14. The van der Waals surface area contributed by atoms with Crippen LogP contribution in [0.2, 0.25) is 0 Å². The van der Waals surface area contributed by atoms with Crippen LogP contribution in [0, 0.1) is 11.8 Å². The number of esters is 1. The molecule has 3 rings (SSSR count). The Balaban J connectivity index is 1.96. The van der Waals surface area contributed by atoms with Crippen LogP contribution in [0.4, 0.5) is 0 Å². The standard InChI is InChI=1S/C47H67N7O14/c1-6-14-31(41(61)46(66)48-26-38(60)68-25-7-2)50-44(64)35-22-21-34(29-15-10-8-11-16-29)54(35)47(67)40(30-17-12-9-13-18-30)53-45(65)39(27(3)4)52-43(63)33(20-24-37(58)59)51-42(62)32(49-28(5)55)19-23-36(56)57/h7-8,10-11,15-16,27,30-35,39-40H,2,6,9,12-14,17-26H2,1,3-5H3,(H,48,66)(H,49,55)(H,50,64)(H,51,62)(H,52,63)(H,53,65)(H,56,57)(H,58,59). The van der Waals surface area contributed by atoms with Crippen molar-refractivity contribution < 1.29 is 67.7 Å². The Morgan fingerprint density at radius 3 is 1.91 bits per heavy atom. The maximum atomic E-state index is 15.3. The number of ether oxygens (including phenoxy) is 1. The molecule has 21 nitrogen and oxygen atoms in total. The van der Waals surface area contributed by atoms with Gasteiger partial charge in [0.1, 0.15) is 43.4 Å². The van der Waals surface area contributed by atoms with Crippen molar-refractivity contribution in [1.29, 1.82) is 0 Å². The second kappa shape index (κ2) is 27.8. The summed E-state index contributed by atoms with van der Waals surface area (Å²) in [4.78, 5) is 146. The lowest BCUT2D eigenvalue weighted by molar-refractivity contribution is -0.147. The van der Waals surface area contributed by atoms with E-state index in [0.717, 1.165) is 26.2 Å². The smallest absolute Gasteiger partial charge is 0.325 e. The highest BCUT2D eigenvalue weighted by Crippen LogP contribution is 2.39. The van der Waals surface area contributed by atoms with Crippen molar-refractivity contribution in [3.63, 3.8) is 0 Å². The number of hydrogen-bond acceptors (Lipinski definition) is 12. The minimum atomic E-state index is -1.55. The third kappa shape index (κ3) is 17.2. The van der Waals surface area contributed by atoms with Gasteiger partial charge in [0.15, 0.2) is 0 Å². The number of aliphatic carboxylic acids is 2. The lowest BCUT2D eigenvalue weighted by Crippen LogP contribution is -2.62. The van der Waals surface area contributed by atoms with Gasteiger partial charge in [-0.05, 0) is 62.3 Å². The summed E-state index contributed by atoms with van der Waals surface area (Å²) in [5.41, 5.74) is 0.708. The third-order valence-corrected chi connectivity index (χ3v) is 11.9. The molecule has 1 aliphatic heterocycles. The topological polar surface area (TPSA) is 313 Å². The zero-order valence-electron chi connectivity index (χ0n) is 39.2. The maximum absolute atomic E-state index is 15.3. The number of Topliss-reactive ketones (excluding diaryl/α,β-unsaturated/α-hetero) is 1. The van der Waals surface area contributed by atoms with E-state index in [-0.39, 0.29) is 25.9 Å². The number of rotatable bonds is 27. The largest absolute Gasteiger partial charge is 0.481 e. The predicted molar refractivity (Wildman–Crippen MR) is 244 cm³/mol. The van der Waals surface area contributed by atoms with Crippen LogP contribution in [0.1, 0.15) is 123 Å². The van der Waals surface area contributed by atoms with Crippen molar-refractivity contribution in [1.82, 2.24) is 36.8 Å². The Bertz CT molecular complexity index is 1990. The predicted octanol–water partition coefficient (Wildman–Crippen LogP) is 1.34.